The van der Waals surface area contributed by atoms with Gasteiger partial charge < -0.3 is 4.57 Å². The standard InChI is InChI=1S/C50H32N4/c1-4-14-33(15-5-1)34-24-27-38(28-25-34)53-45-23-13-12-22-42(45)47-46(53)31-30-41-40-29-26-35-16-10-11-21-39(35)48(40)54(49(41)47)50-51-43(36-17-6-2-7-18-36)32-44(52-50)37-19-8-3-9-20-37/h1-32H. The van der Waals surface area contributed by atoms with Gasteiger partial charge in [-0.15, -0.1) is 0 Å². The molecule has 0 amide bonds. The number of para-hydroxylation sites is 1. The number of hydrogen-bond donors (Lipinski definition) is 0. The van der Waals surface area contributed by atoms with E-state index in [0.29, 0.717) is 5.95 Å². The highest BCUT2D eigenvalue weighted by atomic mass is 15.2. The van der Waals surface area contributed by atoms with Crippen molar-refractivity contribution in [3.05, 3.63) is 194 Å². The maximum atomic E-state index is 5.41. The Kier molecular flexibility index (Phi) is 6.82. The highest BCUT2D eigenvalue weighted by Gasteiger charge is 2.24. The van der Waals surface area contributed by atoms with Gasteiger partial charge >= 0.3 is 0 Å². The average Bonchev–Trinajstić information content (AvgIpc) is 3.78. The molecule has 0 fully saturated rings. The van der Waals surface area contributed by atoms with Crippen LogP contribution in [0.4, 0.5) is 0 Å². The summed E-state index contributed by atoms with van der Waals surface area (Å²) in [4.78, 5) is 10.8. The molecule has 11 rings (SSSR count). The van der Waals surface area contributed by atoms with Crippen LogP contribution in [0.15, 0.2) is 194 Å². The molecule has 0 unspecified atom stereocenters. The molecule has 0 aliphatic heterocycles. The second-order valence-electron chi connectivity index (χ2n) is 13.8. The van der Waals surface area contributed by atoms with Crippen LogP contribution in [0.2, 0.25) is 0 Å². The van der Waals surface area contributed by atoms with E-state index in [1.165, 1.54) is 38.1 Å². The van der Waals surface area contributed by atoms with Crippen molar-refractivity contribution in [2.75, 3.05) is 0 Å². The first-order valence-corrected chi connectivity index (χ1v) is 18.3. The molecule has 3 aromatic heterocycles. The third kappa shape index (κ3) is 4.70. The number of fused-ring (bicyclic) bond motifs is 9. The first-order chi connectivity index (χ1) is 26.8. The Morgan fingerprint density at radius 3 is 1.56 bits per heavy atom. The zero-order valence-corrected chi connectivity index (χ0v) is 29.3. The van der Waals surface area contributed by atoms with Gasteiger partial charge in [0.15, 0.2) is 0 Å². The number of aromatic nitrogens is 4. The van der Waals surface area contributed by atoms with E-state index >= 15 is 0 Å². The zero-order chi connectivity index (χ0) is 35.6. The molecule has 3 heterocycles. The monoisotopic (exact) mass is 688 g/mol. The summed E-state index contributed by atoms with van der Waals surface area (Å²) >= 11 is 0. The van der Waals surface area contributed by atoms with Crippen LogP contribution in [0, 0.1) is 0 Å². The minimum Gasteiger partial charge on any atom is -0.309 e. The molecule has 0 saturated heterocycles. The molecule has 0 bridgehead atoms. The van der Waals surface area contributed by atoms with Crippen LogP contribution in [0.25, 0.3) is 99.7 Å². The van der Waals surface area contributed by atoms with E-state index < -0.39 is 0 Å². The van der Waals surface area contributed by atoms with Crippen molar-refractivity contribution in [3.8, 4) is 45.3 Å². The molecule has 11 aromatic rings. The Morgan fingerprint density at radius 2 is 0.870 bits per heavy atom. The van der Waals surface area contributed by atoms with Crippen molar-refractivity contribution in [1.82, 2.24) is 19.1 Å². The number of hydrogen-bond acceptors (Lipinski definition) is 2. The highest BCUT2D eigenvalue weighted by Crippen LogP contribution is 2.44. The molecule has 4 heteroatoms. The van der Waals surface area contributed by atoms with Crippen LogP contribution in [-0.2, 0) is 0 Å². The number of benzene rings is 8. The number of rotatable bonds is 5. The summed E-state index contributed by atoms with van der Waals surface area (Å²) < 4.78 is 4.74. The summed E-state index contributed by atoms with van der Waals surface area (Å²) in [5.41, 5.74) is 11.8. The summed E-state index contributed by atoms with van der Waals surface area (Å²) in [6.45, 7) is 0. The molecule has 0 atom stereocenters. The minimum absolute atomic E-state index is 0.642. The summed E-state index contributed by atoms with van der Waals surface area (Å²) in [5.74, 6) is 0.642. The number of nitrogens with zero attached hydrogens (tertiary/aromatic N) is 4. The van der Waals surface area contributed by atoms with Crippen LogP contribution in [-0.4, -0.2) is 19.1 Å². The van der Waals surface area contributed by atoms with Gasteiger partial charge in [0, 0.05) is 43.7 Å². The lowest BCUT2D eigenvalue weighted by atomic mass is 10.0. The van der Waals surface area contributed by atoms with Crippen LogP contribution < -0.4 is 0 Å². The van der Waals surface area contributed by atoms with Crippen LogP contribution in [0.1, 0.15) is 0 Å². The molecule has 0 aliphatic rings. The van der Waals surface area contributed by atoms with Crippen molar-refractivity contribution in [2.24, 2.45) is 0 Å². The van der Waals surface area contributed by atoms with Gasteiger partial charge in [-0.05, 0) is 46.8 Å². The summed E-state index contributed by atoms with van der Waals surface area (Å²) in [7, 11) is 0. The van der Waals surface area contributed by atoms with Crippen LogP contribution >= 0.6 is 0 Å². The van der Waals surface area contributed by atoms with E-state index in [4.69, 9.17) is 9.97 Å². The van der Waals surface area contributed by atoms with Crippen LogP contribution in [0.3, 0.4) is 0 Å². The van der Waals surface area contributed by atoms with Crippen molar-refractivity contribution in [3.63, 3.8) is 0 Å². The fourth-order valence-electron chi connectivity index (χ4n) is 8.28. The smallest absolute Gasteiger partial charge is 0.235 e. The zero-order valence-electron chi connectivity index (χ0n) is 29.3. The van der Waals surface area contributed by atoms with E-state index in [1.807, 2.05) is 12.1 Å². The fourth-order valence-corrected chi connectivity index (χ4v) is 8.28. The molecule has 0 radical (unpaired) electrons. The molecule has 0 spiro atoms. The Morgan fingerprint density at radius 1 is 0.333 bits per heavy atom. The lowest BCUT2D eigenvalue weighted by molar-refractivity contribution is 1.00. The van der Waals surface area contributed by atoms with Crippen molar-refractivity contribution in [1.29, 1.82) is 0 Å². The van der Waals surface area contributed by atoms with Gasteiger partial charge in [0.25, 0.3) is 0 Å². The Bertz CT molecular complexity index is 3120. The van der Waals surface area contributed by atoms with E-state index in [-0.39, 0.29) is 0 Å². The van der Waals surface area contributed by atoms with E-state index in [2.05, 4.69) is 191 Å². The van der Waals surface area contributed by atoms with Crippen LogP contribution in [0.5, 0.6) is 0 Å². The highest BCUT2D eigenvalue weighted by molar-refractivity contribution is 6.28. The van der Waals surface area contributed by atoms with Gasteiger partial charge in [-0.25, -0.2) is 9.97 Å². The second kappa shape index (κ2) is 12.1. The Labute approximate surface area is 311 Å². The maximum absolute atomic E-state index is 5.41. The van der Waals surface area contributed by atoms with E-state index in [1.54, 1.807) is 0 Å². The topological polar surface area (TPSA) is 35.6 Å². The predicted molar refractivity (Wildman–Crippen MR) is 225 cm³/mol. The molecular weight excluding hydrogens is 657 g/mol. The van der Waals surface area contributed by atoms with E-state index in [0.717, 1.165) is 55.7 Å². The molecule has 0 saturated carbocycles. The summed E-state index contributed by atoms with van der Waals surface area (Å²) in [6, 6.07) is 68.9. The summed E-state index contributed by atoms with van der Waals surface area (Å²) in [5, 5.41) is 7.03. The van der Waals surface area contributed by atoms with Gasteiger partial charge in [-0.1, -0.05) is 164 Å². The van der Waals surface area contributed by atoms with Gasteiger partial charge in [0.05, 0.1) is 33.5 Å². The van der Waals surface area contributed by atoms with Gasteiger partial charge in [0.2, 0.25) is 5.95 Å². The molecule has 0 aliphatic carbocycles. The van der Waals surface area contributed by atoms with Gasteiger partial charge in [-0.3, -0.25) is 4.57 Å². The first kappa shape index (κ1) is 30.3. The second-order valence-corrected chi connectivity index (χ2v) is 13.8. The average molecular weight is 689 g/mol. The lowest BCUT2D eigenvalue weighted by Gasteiger charge is -2.13. The minimum atomic E-state index is 0.642. The van der Waals surface area contributed by atoms with E-state index in [9.17, 15) is 0 Å². The molecule has 4 nitrogen and oxygen atoms in total. The largest absolute Gasteiger partial charge is 0.309 e. The van der Waals surface area contributed by atoms with Crippen molar-refractivity contribution < 1.29 is 0 Å². The third-order valence-electron chi connectivity index (χ3n) is 10.7. The van der Waals surface area contributed by atoms with Gasteiger partial charge in [-0.2, -0.15) is 0 Å². The molecule has 54 heavy (non-hydrogen) atoms. The third-order valence-corrected chi connectivity index (χ3v) is 10.7. The Hall–Kier alpha value is -7.30. The molecule has 252 valence electrons. The van der Waals surface area contributed by atoms with Crippen molar-refractivity contribution in [2.45, 2.75) is 0 Å². The normalized spacial score (nSPS) is 11.7. The quantitative estimate of drug-likeness (QED) is 0.180. The molecular formula is C50H32N4. The maximum Gasteiger partial charge on any atom is 0.235 e. The summed E-state index contributed by atoms with van der Waals surface area (Å²) in [6.07, 6.45) is 0. The SMILES string of the molecule is c1ccc(-c2ccc(-n3c4ccccc4c4c3ccc3c5ccc6ccccc6c5n(-c5nc(-c6ccccc6)cc(-c6ccccc6)n5)c34)cc2)cc1. The Balaban J connectivity index is 1.28. The van der Waals surface area contributed by atoms with Gasteiger partial charge in [0.1, 0.15) is 0 Å². The predicted octanol–water partition coefficient (Wildman–Crippen LogP) is 12.8. The fraction of sp³-hybridized carbons (Fsp3) is 0. The molecule has 8 aromatic carbocycles. The first-order valence-electron chi connectivity index (χ1n) is 18.3. The molecule has 0 N–H and O–H groups in total. The van der Waals surface area contributed by atoms with Crippen molar-refractivity contribution >= 4 is 54.4 Å². The lowest BCUT2D eigenvalue weighted by Crippen LogP contribution is -2.04.